The normalized spacial score (nSPS) is 14.8. The Hall–Kier alpha value is -0.870. The molecule has 1 aromatic rings. The topological polar surface area (TPSA) is 52.3 Å². The van der Waals surface area contributed by atoms with Gasteiger partial charge in [0.1, 0.15) is 5.75 Å². The van der Waals surface area contributed by atoms with Gasteiger partial charge in [0.25, 0.3) is 0 Å². The van der Waals surface area contributed by atoms with Crippen molar-refractivity contribution in [2.75, 3.05) is 19.1 Å². The molecular formula is C10H15NO2S. The van der Waals surface area contributed by atoms with Gasteiger partial charge in [0.2, 0.25) is 0 Å². The lowest BCUT2D eigenvalue weighted by Crippen LogP contribution is -2.17. The third-order valence-electron chi connectivity index (χ3n) is 1.96. The minimum atomic E-state index is -0.860. The van der Waals surface area contributed by atoms with Crippen LogP contribution in [-0.2, 0) is 10.8 Å². The SMILES string of the molecule is COc1ccc(C(N)CS(C)=O)cc1. The Bertz CT molecular complexity index is 310. The molecule has 0 amide bonds. The molecule has 0 bridgehead atoms. The van der Waals surface area contributed by atoms with Crippen LogP contribution in [-0.4, -0.2) is 23.3 Å². The molecule has 2 N–H and O–H groups in total. The molecule has 0 spiro atoms. The summed E-state index contributed by atoms with van der Waals surface area (Å²) in [5.41, 5.74) is 6.84. The average Bonchev–Trinajstić information content (AvgIpc) is 2.17. The third-order valence-corrected chi connectivity index (χ3v) is 2.79. The Kier molecular flexibility index (Phi) is 4.10. The van der Waals surface area contributed by atoms with Crippen LogP contribution in [0.1, 0.15) is 11.6 Å². The molecule has 78 valence electrons. The zero-order chi connectivity index (χ0) is 10.6. The van der Waals surface area contributed by atoms with E-state index in [1.165, 1.54) is 0 Å². The van der Waals surface area contributed by atoms with Crippen molar-refractivity contribution in [2.45, 2.75) is 6.04 Å². The van der Waals surface area contributed by atoms with E-state index in [-0.39, 0.29) is 6.04 Å². The highest BCUT2D eigenvalue weighted by molar-refractivity contribution is 7.84. The van der Waals surface area contributed by atoms with Crippen molar-refractivity contribution >= 4 is 10.8 Å². The van der Waals surface area contributed by atoms with Gasteiger partial charge in [0.05, 0.1) is 7.11 Å². The highest BCUT2D eigenvalue weighted by Crippen LogP contribution is 2.16. The summed E-state index contributed by atoms with van der Waals surface area (Å²) < 4.78 is 16.0. The lowest BCUT2D eigenvalue weighted by atomic mass is 10.1. The number of methoxy groups -OCH3 is 1. The molecule has 1 aromatic carbocycles. The van der Waals surface area contributed by atoms with Crippen LogP contribution in [0.25, 0.3) is 0 Å². The van der Waals surface area contributed by atoms with Crippen LogP contribution < -0.4 is 10.5 Å². The van der Waals surface area contributed by atoms with Gasteiger partial charge >= 0.3 is 0 Å². The van der Waals surface area contributed by atoms with Crippen molar-refractivity contribution in [2.24, 2.45) is 5.73 Å². The molecule has 0 fully saturated rings. The Labute approximate surface area is 86.7 Å². The van der Waals surface area contributed by atoms with Gasteiger partial charge in [-0.05, 0) is 17.7 Å². The largest absolute Gasteiger partial charge is 0.497 e. The first-order chi connectivity index (χ1) is 6.63. The molecule has 1 rings (SSSR count). The van der Waals surface area contributed by atoms with E-state index in [4.69, 9.17) is 10.5 Å². The first-order valence-electron chi connectivity index (χ1n) is 4.33. The first kappa shape index (κ1) is 11.2. The van der Waals surface area contributed by atoms with Gasteiger partial charge in [-0.25, -0.2) is 0 Å². The molecule has 2 unspecified atom stereocenters. The van der Waals surface area contributed by atoms with Gasteiger partial charge in [-0.2, -0.15) is 0 Å². The number of nitrogens with two attached hydrogens (primary N) is 1. The third kappa shape index (κ3) is 3.12. The van der Waals surface area contributed by atoms with Crippen molar-refractivity contribution in [3.63, 3.8) is 0 Å². The van der Waals surface area contributed by atoms with Crippen LogP contribution in [0.2, 0.25) is 0 Å². The van der Waals surface area contributed by atoms with Crippen molar-refractivity contribution in [1.29, 1.82) is 0 Å². The van der Waals surface area contributed by atoms with Gasteiger partial charge in [0.15, 0.2) is 0 Å². The Morgan fingerprint density at radius 3 is 2.43 bits per heavy atom. The fourth-order valence-corrected chi connectivity index (χ4v) is 1.90. The summed E-state index contributed by atoms with van der Waals surface area (Å²) in [4.78, 5) is 0. The molecule has 0 aliphatic heterocycles. The van der Waals surface area contributed by atoms with E-state index in [0.717, 1.165) is 11.3 Å². The van der Waals surface area contributed by atoms with Crippen LogP contribution in [0, 0.1) is 0 Å². The molecule has 3 nitrogen and oxygen atoms in total. The van der Waals surface area contributed by atoms with Crippen LogP contribution in [0.4, 0.5) is 0 Å². The fraction of sp³-hybridized carbons (Fsp3) is 0.400. The molecule has 0 aliphatic rings. The van der Waals surface area contributed by atoms with E-state index in [0.29, 0.717) is 5.75 Å². The molecule has 2 atom stereocenters. The Balaban J connectivity index is 2.71. The number of benzene rings is 1. The summed E-state index contributed by atoms with van der Waals surface area (Å²) in [7, 11) is 0.762. The van der Waals surface area contributed by atoms with Crippen LogP contribution in [0.15, 0.2) is 24.3 Å². The monoisotopic (exact) mass is 213 g/mol. The van der Waals surface area contributed by atoms with Gasteiger partial charge < -0.3 is 10.5 Å². The molecule has 0 saturated heterocycles. The predicted molar refractivity (Wildman–Crippen MR) is 58.9 cm³/mol. The highest BCUT2D eigenvalue weighted by Gasteiger charge is 2.07. The van der Waals surface area contributed by atoms with Crippen molar-refractivity contribution in [1.82, 2.24) is 0 Å². The second-order valence-corrected chi connectivity index (χ2v) is 4.60. The quantitative estimate of drug-likeness (QED) is 0.814. The maximum Gasteiger partial charge on any atom is 0.118 e. The van der Waals surface area contributed by atoms with Crippen molar-refractivity contribution < 1.29 is 8.95 Å². The predicted octanol–water partition coefficient (Wildman–Crippen LogP) is 1.07. The summed E-state index contributed by atoms with van der Waals surface area (Å²) in [6.45, 7) is 0. The van der Waals surface area contributed by atoms with E-state index in [9.17, 15) is 4.21 Å². The highest BCUT2D eigenvalue weighted by atomic mass is 32.2. The minimum Gasteiger partial charge on any atom is -0.497 e. The van der Waals surface area contributed by atoms with Crippen molar-refractivity contribution in [3.8, 4) is 5.75 Å². The Morgan fingerprint density at radius 2 is 2.00 bits per heavy atom. The van der Waals surface area contributed by atoms with E-state index < -0.39 is 10.8 Å². The number of ether oxygens (including phenoxy) is 1. The molecular weight excluding hydrogens is 198 g/mol. The first-order valence-corrected chi connectivity index (χ1v) is 6.05. The van der Waals surface area contributed by atoms with Crippen LogP contribution in [0.5, 0.6) is 5.75 Å². The summed E-state index contributed by atoms with van der Waals surface area (Å²) in [5.74, 6) is 1.30. The maximum atomic E-state index is 11.0. The average molecular weight is 213 g/mol. The molecule has 4 heteroatoms. The van der Waals surface area contributed by atoms with Gasteiger partial charge in [-0.15, -0.1) is 0 Å². The zero-order valence-corrected chi connectivity index (χ0v) is 9.21. The molecule has 14 heavy (non-hydrogen) atoms. The molecule has 0 saturated carbocycles. The number of rotatable bonds is 4. The second kappa shape index (κ2) is 5.12. The van der Waals surface area contributed by atoms with E-state index in [1.807, 2.05) is 24.3 Å². The van der Waals surface area contributed by atoms with Crippen molar-refractivity contribution in [3.05, 3.63) is 29.8 Å². The fourth-order valence-electron chi connectivity index (χ4n) is 1.20. The standard InChI is InChI=1S/C10H15NO2S/c1-13-9-5-3-8(4-6-9)10(11)7-14(2)12/h3-6,10H,7,11H2,1-2H3. The minimum absolute atomic E-state index is 0.160. The van der Waals surface area contributed by atoms with Gasteiger partial charge in [-0.3, -0.25) is 4.21 Å². The Morgan fingerprint density at radius 1 is 1.43 bits per heavy atom. The molecule has 0 aromatic heterocycles. The summed E-state index contributed by atoms with van der Waals surface area (Å²) in [6, 6.07) is 7.35. The molecule has 0 radical (unpaired) electrons. The van der Waals surface area contributed by atoms with Gasteiger partial charge in [-0.1, -0.05) is 12.1 Å². The summed E-state index contributed by atoms with van der Waals surface area (Å²) >= 11 is 0. The van der Waals surface area contributed by atoms with E-state index in [1.54, 1.807) is 13.4 Å². The van der Waals surface area contributed by atoms with Crippen LogP contribution >= 0.6 is 0 Å². The maximum absolute atomic E-state index is 11.0. The summed E-state index contributed by atoms with van der Waals surface area (Å²) in [5, 5.41) is 0. The van der Waals surface area contributed by atoms with E-state index in [2.05, 4.69) is 0 Å². The van der Waals surface area contributed by atoms with E-state index >= 15 is 0 Å². The number of hydrogen-bond donors (Lipinski definition) is 1. The number of hydrogen-bond acceptors (Lipinski definition) is 3. The molecule has 0 heterocycles. The van der Waals surface area contributed by atoms with Crippen LogP contribution in [0.3, 0.4) is 0 Å². The summed E-state index contributed by atoms with van der Waals surface area (Å²) in [6.07, 6.45) is 1.66. The second-order valence-electron chi connectivity index (χ2n) is 3.12. The smallest absolute Gasteiger partial charge is 0.118 e. The lowest BCUT2D eigenvalue weighted by molar-refractivity contribution is 0.414. The van der Waals surface area contributed by atoms with Gasteiger partial charge in [0, 0.05) is 28.9 Å². The lowest BCUT2D eigenvalue weighted by Gasteiger charge is -2.10. The zero-order valence-electron chi connectivity index (χ0n) is 8.40. The molecule has 0 aliphatic carbocycles.